The fourth-order valence-electron chi connectivity index (χ4n) is 1.55. The van der Waals surface area contributed by atoms with Gasteiger partial charge in [-0.05, 0) is 18.1 Å². The third-order valence-electron chi connectivity index (χ3n) is 2.53. The highest BCUT2D eigenvalue weighted by Gasteiger charge is 2.11. The third-order valence-corrected chi connectivity index (χ3v) is 3.59. The van der Waals surface area contributed by atoms with E-state index in [1.54, 1.807) is 12.1 Å². The normalized spacial score (nSPS) is 11.0. The molecule has 0 aliphatic rings. The first kappa shape index (κ1) is 14.2. The van der Waals surface area contributed by atoms with Crippen molar-refractivity contribution in [3.63, 3.8) is 0 Å². The van der Waals surface area contributed by atoms with Crippen molar-refractivity contribution < 1.29 is 4.39 Å². The van der Waals surface area contributed by atoms with E-state index in [0.717, 1.165) is 11.7 Å². The van der Waals surface area contributed by atoms with Crippen LogP contribution in [0.4, 0.5) is 9.52 Å². The molecule has 1 aromatic heterocycles. The van der Waals surface area contributed by atoms with Gasteiger partial charge in [-0.2, -0.15) is 4.37 Å². The molecule has 0 amide bonds. The smallest absolute Gasteiger partial charge is 0.202 e. The lowest BCUT2D eigenvalue weighted by molar-refractivity contribution is 0.612. The van der Waals surface area contributed by atoms with Crippen molar-refractivity contribution in [3.05, 3.63) is 40.4 Å². The van der Waals surface area contributed by atoms with Gasteiger partial charge < -0.3 is 5.32 Å². The second-order valence-electron chi connectivity index (χ2n) is 4.67. The number of aromatic nitrogens is 2. The monoisotopic (exact) mass is 299 g/mol. The zero-order valence-corrected chi connectivity index (χ0v) is 12.4. The van der Waals surface area contributed by atoms with E-state index in [-0.39, 0.29) is 5.82 Å². The van der Waals surface area contributed by atoms with Crippen molar-refractivity contribution >= 4 is 28.3 Å². The van der Waals surface area contributed by atoms with Crippen molar-refractivity contribution in [1.29, 1.82) is 0 Å². The van der Waals surface area contributed by atoms with E-state index in [9.17, 15) is 4.39 Å². The maximum atomic E-state index is 13.6. The SMILES string of the molecule is CC(C)CNc1nc(Cc2c(F)cccc2Cl)ns1. The summed E-state index contributed by atoms with van der Waals surface area (Å²) in [5.41, 5.74) is 0.442. The number of benzene rings is 1. The molecular formula is C13H15ClFN3S. The molecular weight excluding hydrogens is 285 g/mol. The molecule has 0 bridgehead atoms. The van der Waals surface area contributed by atoms with Crippen LogP contribution in [-0.2, 0) is 6.42 Å². The summed E-state index contributed by atoms with van der Waals surface area (Å²) in [6, 6.07) is 4.65. The average Bonchev–Trinajstić information content (AvgIpc) is 2.79. The number of nitrogens with one attached hydrogen (secondary N) is 1. The van der Waals surface area contributed by atoms with Gasteiger partial charge in [0.05, 0.1) is 0 Å². The number of halogens is 2. The summed E-state index contributed by atoms with van der Waals surface area (Å²) < 4.78 is 17.9. The van der Waals surface area contributed by atoms with Crippen molar-refractivity contribution in [2.45, 2.75) is 20.3 Å². The quantitative estimate of drug-likeness (QED) is 0.907. The van der Waals surface area contributed by atoms with Crippen LogP contribution in [0.25, 0.3) is 0 Å². The lowest BCUT2D eigenvalue weighted by atomic mass is 10.1. The van der Waals surface area contributed by atoms with Crippen LogP contribution in [0.15, 0.2) is 18.2 Å². The molecule has 102 valence electrons. The number of hydrogen-bond donors (Lipinski definition) is 1. The average molecular weight is 300 g/mol. The molecule has 0 radical (unpaired) electrons. The Balaban J connectivity index is 2.07. The third kappa shape index (κ3) is 3.88. The highest BCUT2D eigenvalue weighted by molar-refractivity contribution is 7.09. The summed E-state index contributed by atoms with van der Waals surface area (Å²) in [4.78, 5) is 4.33. The summed E-state index contributed by atoms with van der Waals surface area (Å²) in [5, 5.41) is 4.37. The molecule has 0 unspecified atom stereocenters. The lowest BCUT2D eigenvalue weighted by Gasteiger charge is -2.04. The summed E-state index contributed by atoms with van der Waals surface area (Å²) >= 11 is 7.27. The molecule has 1 N–H and O–H groups in total. The van der Waals surface area contributed by atoms with Crippen LogP contribution in [0.2, 0.25) is 5.02 Å². The molecule has 1 heterocycles. The minimum atomic E-state index is -0.320. The molecule has 2 rings (SSSR count). The van der Waals surface area contributed by atoms with E-state index in [1.165, 1.54) is 17.6 Å². The molecule has 3 nitrogen and oxygen atoms in total. The maximum Gasteiger partial charge on any atom is 0.202 e. The first-order chi connectivity index (χ1) is 9.06. The Morgan fingerprint density at radius 2 is 2.21 bits per heavy atom. The van der Waals surface area contributed by atoms with Crippen LogP contribution >= 0.6 is 23.1 Å². The second-order valence-corrected chi connectivity index (χ2v) is 5.83. The number of hydrogen-bond acceptors (Lipinski definition) is 4. The fraction of sp³-hybridized carbons (Fsp3) is 0.385. The summed E-state index contributed by atoms with van der Waals surface area (Å²) in [5.74, 6) is 0.801. The van der Waals surface area contributed by atoms with Crippen LogP contribution in [0, 0.1) is 11.7 Å². The molecule has 0 saturated carbocycles. The van der Waals surface area contributed by atoms with Crippen LogP contribution < -0.4 is 5.32 Å². The summed E-state index contributed by atoms with van der Waals surface area (Å²) in [6.45, 7) is 5.08. The lowest BCUT2D eigenvalue weighted by Crippen LogP contribution is -2.07. The van der Waals surface area contributed by atoms with E-state index in [4.69, 9.17) is 11.6 Å². The van der Waals surface area contributed by atoms with E-state index in [2.05, 4.69) is 28.5 Å². The Kier molecular flexibility index (Phi) is 4.71. The van der Waals surface area contributed by atoms with Gasteiger partial charge in [-0.25, -0.2) is 9.37 Å². The molecule has 0 aliphatic carbocycles. The van der Waals surface area contributed by atoms with E-state index >= 15 is 0 Å². The van der Waals surface area contributed by atoms with Gasteiger partial charge in [-0.3, -0.25) is 0 Å². The van der Waals surface area contributed by atoms with Gasteiger partial charge in [-0.15, -0.1) is 0 Å². The molecule has 2 aromatic rings. The molecule has 0 saturated heterocycles. The minimum Gasteiger partial charge on any atom is -0.360 e. The van der Waals surface area contributed by atoms with Gasteiger partial charge in [0.1, 0.15) is 11.6 Å². The molecule has 0 fully saturated rings. The van der Waals surface area contributed by atoms with Gasteiger partial charge in [0.15, 0.2) is 0 Å². The Morgan fingerprint density at radius 3 is 2.89 bits per heavy atom. The highest BCUT2D eigenvalue weighted by atomic mass is 35.5. The fourth-order valence-corrected chi connectivity index (χ4v) is 2.37. The Bertz CT molecular complexity index is 536. The zero-order chi connectivity index (χ0) is 13.8. The standard InChI is InChI=1S/C13H15ClFN3S/c1-8(2)7-16-13-17-12(18-19-13)6-9-10(14)4-3-5-11(9)15/h3-5,8H,6-7H2,1-2H3,(H,16,17,18). The van der Waals surface area contributed by atoms with Crippen molar-refractivity contribution in [3.8, 4) is 0 Å². The van der Waals surface area contributed by atoms with Crippen molar-refractivity contribution in [2.24, 2.45) is 5.92 Å². The second kappa shape index (κ2) is 6.30. The van der Waals surface area contributed by atoms with Crippen LogP contribution in [0.3, 0.4) is 0 Å². The largest absolute Gasteiger partial charge is 0.360 e. The zero-order valence-electron chi connectivity index (χ0n) is 10.8. The first-order valence-corrected chi connectivity index (χ1v) is 7.20. The summed E-state index contributed by atoms with van der Waals surface area (Å²) in [7, 11) is 0. The Hall–Kier alpha value is -1.20. The maximum absolute atomic E-state index is 13.6. The number of anilines is 1. The first-order valence-electron chi connectivity index (χ1n) is 6.05. The van der Waals surface area contributed by atoms with Crippen molar-refractivity contribution in [2.75, 3.05) is 11.9 Å². The molecule has 0 aliphatic heterocycles. The minimum absolute atomic E-state index is 0.311. The summed E-state index contributed by atoms with van der Waals surface area (Å²) in [6.07, 6.45) is 0.311. The molecule has 1 aromatic carbocycles. The van der Waals surface area contributed by atoms with E-state index in [1.807, 2.05) is 0 Å². The molecule has 0 atom stereocenters. The van der Waals surface area contributed by atoms with Gasteiger partial charge in [-0.1, -0.05) is 31.5 Å². The number of nitrogens with zero attached hydrogens (tertiary/aromatic N) is 2. The van der Waals surface area contributed by atoms with Gasteiger partial charge >= 0.3 is 0 Å². The van der Waals surface area contributed by atoms with E-state index < -0.39 is 0 Å². The topological polar surface area (TPSA) is 37.8 Å². The Morgan fingerprint density at radius 1 is 1.42 bits per heavy atom. The van der Waals surface area contributed by atoms with Gasteiger partial charge in [0.2, 0.25) is 5.13 Å². The van der Waals surface area contributed by atoms with E-state index in [0.29, 0.717) is 28.7 Å². The van der Waals surface area contributed by atoms with Gasteiger partial charge in [0, 0.05) is 35.1 Å². The van der Waals surface area contributed by atoms with Gasteiger partial charge in [0.25, 0.3) is 0 Å². The number of rotatable bonds is 5. The van der Waals surface area contributed by atoms with Crippen molar-refractivity contribution in [1.82, 2.24) is 9.36 Å². The molecule has 0 spiro atoms. The van der Waals surface area contributed by atoms with Crippen LogP contribution in [0.5, 0.6) is 0 Å². The highest BCUT2D eigenvalue weighted by Crippen LogP contribution is 2.22. The Labute approximate surface area is 121 Å². The predicted molar refractivity (Wildman–Crippen MR) is 77.5 cm³/mol. The van der Waals surface area contributed by atoms with Crippen LogP contribution in [0.1, 0.15) is 25.2 Å². The predicted octanol–water partition coefficient (Wildman–Crippen LogP) is 3.99. The molecule has 19 heavy (non-hydrogen) atoms. The van der Waals surface area contributed by atoms with Crippen LogP contribution in [-0.4, -0.2) is 15.9 Å². The molecule has 6 heteroatoms.